The number of hydrogen-bond acceptors (Lipinski definition) is 2. The lowest BCUT2D eigenvalue weighted by molar-refractivity contribution is -0.143. The molecule has 2 rings (SSSR count). The fraction of sp³-hybridized carbons (Fsp3) is 0.250. The number of esters is 1. The molecular formula is C12H11IO2. The van der Waals surface area contributed by atoms with E-state index in [4.69, 9.17) is 4.74 Å². The number of halogens is 1. The highest BCUT2D eigenvalue weighted by Crippen LogP contribution is 2.31. The van der Waals surface area contributed by atoms with E-state index in [2.05, 4.69) is 22.6 Å². The van der Waals surface area contributed by atoms with Crippen LogP contribution in [0.4, 0.5) is 0 Å². The fourth-order valence-electron chi connectivity index (χ4n) is 1.72. The first-order chi connectivity index (χ1) is 7.31. The summed E-state index contributed by atoms with van der Waals surface area (Å²) in [6, 6.07) is 9.81. The average Bonchev–Trinajstić information content (AvgIpc) is 2.30. The van der Waals surface area contributed by atoms with Crippen LogP contribution in [0, 0.1) is 0 Å². The fourth-order valence-corrected chi connectivity index (χ4v) is 2.16. The third-order valence-corrected chi connectivity index (χ3v) is 3.21. The lowest BCUT2D eigenvalue weighted by atomic mass is 9.92. The molecule has 2 nitrogen and oxygen atoms in total. The molecule has 0 amide bonds. The van der Waals surface area contributed by atoms with Crippen molar-refractivity contribution in [1.29, 1.82) is 0 Å². The first-order valence-electron chi connectivity index (χ1n) is 4.87. The van der Waals surface area contributed by atoms with Gasteiger partial charge in [0.05, 0.1) is 5.92 Å². The maximum atomic E-state index is 11.7. The van der Waals surface area contributed by atoms with Gasteiger partial charge in [-0.1, -0.05) is 30.3 Å². The summed E-state index contributed by atoms with van der Waals surface area (Å²) in [7, 11) is 0. The minimum absolute atomic E-state index is 0.0914. The molecule has 0 aromatic heterocycles. The van der Waals surface area contributed by atoms with Gasteiger partial charge in [-0.15, -0.1) is 0 Å². The molecule has 1 aliphatic heterocycles. The third kappa shape index (κ3) is 2.40. The smallest absolute Gasteiger partial charge is 0.318 e. The van der Waals surface area contributed by atoms with E-state index in [0.717, 1.165) is 24.2 Å². The van der Waals surface area contributed by atoms with Gasteiger partial charge < -0.3 is 4.74 Å². The molecule has 78 valence electrons. The molecule has 15 heavy (non-hydrogen) atoms. The number of carbonyl (C=O) groups excluding carboxylic acids is 1. The molecule has 1 saturated heterocycles. The van der Waals surface area contributed by atoms with E-state index in [1.807, 2.05) is 34.4 Å². The van der Waals surface area contributed by atoms with Crippen molar-refractivity contribution in [2.45, 2.75) is 18.8 Å². The maximum absolute atomic E-state index is 11.7. The van der Waals surface area contributed by atoms with Gasteiger partial charge in [0.2, 0.25) is 0 Å². The van der Waals surface area contributed by atoms with E-state index in [0.29, 0.717) is 0 Å². The van der Waals surface area contributed by atoms with Crippen LogP contribution in [0.5, 0.6) is 0 Å². The highest BCUT2D eigenvalue weighted by molar-refractivity contribution is 14.1. The minimum Gasteiger partial charge on any atom is -0.430 e. The molecule has 0 N–H and O–H groups in total. The first-order valence-corrected chi connectivity index (χ1v) is 6.11. The number of cyclic esters (lactones) is 1. The maximum Gasteiger partial charge on any atom is 0.318 e. The van der Waals surface area contributed by atoms with Crippen molar-refractivity contribution in [3.05, 3.63) is 45.7 Å². The van der Waals surface area contributed by atoms with Gasteiger partial charge in [0, 0.05) is 10.5 Å². The largest absolute Gasteiger partial charge is 0.430 e. The molecule has 0 bridgehead atoms. The van der Waals surface area contributed by atoms with Gasteiger partial charge in [-0.05, 0) is 34.6 Å². The van der Waals surface area contributed by atoms with Gasteiger partial charge in [0.1, 0.15) is 5.76 Å². The van der Waals surface area contributed by atoms with E-state index in [1.165, 1.54) is 0 Å². The van der Waals surface area contributed by atoms with Crippen LogP contribution in [0.15, 0.2) is 40.2 Å². The summed E-state index contributed by atoms with van der Waals surface area (Å²) in [6.07, 6.45) is 1.69. The predicted molar refractivity (Wildman–Crippen MR) is 66.6 cm³/mol. The lowest BCUT2D eigenvalue weighted by Gasteiger charge is -2.22. The molecule has 1 aliphatic rings. The van der Waals surface area contributed by atoms with Crippen LogP contribution < -0.4 is 0 Å². The van der Waals surface area contributed by atoms with E-state index >= 15 is 0 Å². The summed E-state index contributed by atoms with van der Waals surface area (Å²) >= 11 is 2.10. The van der Waals surface area contributed by atoms with E-state index in [9.17, 15) is 4.79 Å². The molecule has 3 heteroatoms. The summed E-state index contributed by atoms with van der Waals surface area (Å²) in [5.41, 5.74) is 1.05. The molecule has 1 aromatic carbocycles. The van der Waals surface area contributed by atoms with Crippen LogP contribution in [-0.2, 0) is 9.53 Å². The Morgan fingerprint density at radius 1 is 1.33 bits per heavy atom. The second-order valence-corrected chi connectivity index (χ2v) is 4.12. The molecule has 1 aromatic rings. The molecule has 1 heterocycles. The van der Waals surface area contributed by atoms with Crippen molar-refractivity contribution in [3.8, 4) is 0 Å². The topological polar surface area (TPSA) is 26.3 Å². The number of rotatable bonds is 1. The predicted octanol–water partition coefficient (Wildman–Crippen LogP) is 3.38. The molecule has 0 aliphatic carbocycles. The summed E-state index contributed by atoms with van der Waals surface area (Å²) in [5, 5.41) is 0. The number of ether oxygens (including phenoxy) is 1. The molecule has 1 fully saturated rings. The van der Waals surface area contributed by atoms with Crippen molar-refractivity contribution in [2.24, 2.45) is 0 Å². The van der Waals surface area contributed by atoms with Gasteiger partial charge in [0.15, 0.2) is 0 Å². The van der Waals surface area contributed by atoms with Crippen molar-refractivity contribution in [2.75, 3.05) is 0 Å². The van der Waals surface area contributed by atoms with Crippen LogP contribution in [0.3, 0.4) is 0 Å². The van der Waals surface area contributed by atoms with Gasteiger partial charge in [-0.25, -0.2) is 0 Å². The minimum atomic E-state index is -0.129. The molecular weight excluding hydrogens is 303 g/mol. The Morgan fingerprint density at radius 3 is 2.67 bits per heavy atom. The van der Waals surface area contributed by atoms with Crippen molar-refractivity contribution < 1.29 is 9.53 Å². The van der Waals surface area contributed by atoms with E-state index in [-0.39, 0.29) is 11.9 Å². The SMILES string of the molecule is O=C1OC(=CI)CCC1c1ccccc1. The number of hydrogen-bond donors (Lipinski definition) is 0. The Labute approximate surface area is 102 Å². The van der Waals surface area contributed by atoms with Crippen LogP contribution in [0.1, 0.15) is 24.3 Å². The van der Waals surface area contributed by atoms with Crippen LogP contribution in [0.2, 0.25) is 0 Å². The van der Waals surface area contributed by atoms with Gasteiger partial charge in [-0.2, -0.15) is 0 Å². The zero-order valence-electron chi connectivity index (χ0n) is 8.15. The molecule has 0 saturated carbocycles. The average molecular weight is 314 g/mol. The Morgan fingerprint density at radius 2 is 2.07 bits per heavy atom. The highest BCUT2D eigenvalue weighted by Gasteiger charge is 2.27. The summed E-state index contributed by atoms with van der Waals surface area (Å²) < 4.78 is 7.05. The zero-order valence-corrected chi connectivity index (χ0v) is 10.3. The van der Waals surface area contributed by atoms with Crippen molar-refractivity contribution in [3.63, 3.8) is 0 Å². The molecule has 0 spiro atoms. The zero-order chi connectivity index (χ0) is 10.7. The lowest BCUT2D eigenvalue weighted by Crippen LogP contribution is -2.20. The van der Waals surface area contributed by atoms with Crippen LogP contribution >= 0.6 is 22.6 Å². The second kappa shape index (κ2) is 4.79. The van der Waals surface area contributed by atoms with E-state index < -0.39 is 0 Å². The Bertz CT molecular complexity index is 384. The summed E-state index contributed by atoms with van der Waals surface area (Å²) in [4.78, 5) is 11.7. The summed E-state index contributed by atoms with van der Waals surface area (Å²) in [5.74, 6) is 0.564. The Hall–Kier alpha value is -0.840. The molecule has 1 unspecified atom stereocenters. The van der Waals surface area contributed by atoms with Crippen LogP contribution in [0.25, 0.3) is 0 Å². The van der Waals surface area contributed by atoms with Crippen molar-refractivity contribution in [1.82, 2.24) is 0 Å². The number of allylic oxidation sites excluding steroid dienone is 1. The van der Waals surface area contributed by atoms with Crippen LogP contribution in [-0.4, -0.2) is 5.97 Å². The normalized spacial score (nSPS) is 23.9. The standard InChI is InChI=1S/C12H11IO2/c13-8-10-6-7-11(12(14)15-10)9-4-2-1-3-5-9/h1-5,8,11H,6-7H2. The second-order valence-electron chi connectivity index (χ2n) is 3.50. The quantitative estimate of drug-likeness (QED) is 0.587. The Balaban J connectivity index is 2.17. The monoisotopic (exact) mass is 314 g/mol. The Kier molecular flexibility index (Phi) is 3.41. The van der Waals surface area contributed by atoms with Gasteiger partial charge in [0.25, 0.3) is 0 Å². The third-order valence-electron chi connectivity index (χ3n) is 2.52. The summed E-state index contributed by atoms with van der Waals surface area (Å²) in [6.45, 7) is 0. The molecule has 0 radical (unpaired) electrons. The first kappa shape index (κ1) is 10.7. The number of carbonyl (C=O) groups is 1. The number of benzene rings is 1. The highest BCUT2D eigenvalue weighted by atomic mass is 127. The van der Waals surface area contributed by atoms with Gasteiger partial charge >= 0.3 is 5.97 Å². The van der Waals surface area contributed by atoms with Gasteiger partial charge in [-0.3, -0.25) is 4.79 Å². The molecule has 1 atom stereocenters. The van der Waals surface area contributed by atoms with E-state index in [1.54, 1.807) is 0 Å². The van der Waals surface area contributed by atoms with Crippen molar-refractivity contribution >= 4 is 28.6 Å².